The summed E-state index contributed by atoms with van der Waals surface area (Å²) in [5, 5.41) is 1.79. The van der Waals surface area contributed by atoms with Crippen LogP contribution in [0.5, 0.6) is 5.75 Å². The van der Waals surface area contributed by atoms with Crippen LogP contribution in [0.2, 0.25) is 0 Å². The molecule has 0 bridgehead atoms. The summed E-state index contributed by atoms with van der Waals surface area (Å²) in [7, 11) is 1.66. The smallest absolute Gasteiger partial charge is 0.188 e. The van der Waals surface area contributed by atoms with Gasteiger partial charge in [-0.05, 0) is 35.4 Å². The van der Waals surface area contributed by atoms with Gasteiger partial charge in [0.25, 0.3) is 0 Å². The third-order valence-corrected chi connectivity index (χ3v) is 5.83. The van der Waals surface area contributed by atoms with E-state index in [1.807, 2.05) is 91.0 Å². The molecule has 3 aromatic rings. The molecule has 0 amide bonds. The zero-order valence-corrected chi connectivity index (χ0v) is 17.2. The van der Waals surface area contributed by atoms with Gasteiger partial charge in [0.1, 0.15) is 17.9 Å². The van der Waals surface area contributed by atoms with E-state index in [4.69, 9.17) is 9.57 Å². The second-order valence-corrected chi connectivity index (χ2v) is 7.71. The molecule has 2 aliphatic rings. The topological polar surface area (TPSA) is 38.8 Å². The lowest BCUT2D eigenvalue weighted by atomic mass is 9.86. The van der Waals surface area contributed by atoms with E-state index in [0.29, 0.717) is 5.56 Å². The fourth-order valence-corrected chi connectivity index (χ4v) is 4.31. The van der Waals surface area contributed by atoms with Crippen LogP contribution in [0.3, 0.4) is 0 Å². The summed E-state index contributed by atoms with van der Waals surface area (Å²) in [5.41, 5.74) is 3.71. The summed E-state index contributed by atoms with van der Waals surface area (Å²) < 4.78 is 5.26. The molecule has 1 aliphatic carbocycles. The first-order valence-electron chi connectivity index (χ1n) is 10.4. The quantitative estimate of drug-likeness (QED) is 0.534. The molecule has 1 saturated heterocycles. The number of anilines is 1. The van der Waals surface area contributed by atoms with Crippen LogP contribution < -0.4 is 9.80 Å². The van der Waals surface area contributed by atoms with E-state index >= 15 is 0 Å². The van der Waals surface area contributed by atoms with Crippen LogP contribution in [-0.2, 0) is 4.84 Å². The number of fused-ring (bicyclic) bond motifs is 1. The van der Waals surface area contributed by atoms with Crippen molar-refractivity contribution >= 4 is 17.5 Å². The molecular weight excluding hydrogens is 386 g/mol. The van der Waals surface area contributed by atoms with Gasteiger partial charge >= 0.3 is 0 Å². The van der Waals surface area contributed by atoms with Crippen molar-refractivity contribution < 1.29 is 14.4 Å². The number of carbonyl (C=O) groups excluding carboxylic acids is 1. The first-order chi connectivity index (χ1) is 15.2. The summed E-state index contributed by atoms with van der Waals surface area (Å²) in [4.78, 5) is 20.0. The normalized spacial score (nSPS) is 23.2. The monoisotopic (exact) mass is 409 g/mol. The van der Waals surface area contributed by atoms with Crippen molar-refractivity contribution in [2.24, 2.45) is 5.92 Å². The Balaban J connectivity index is 1.54. The first kappa shape index (κ1) is 19.3. The van der Waals surface area contributed by atoms with Crippen LogP contribution in [0, 0.1) is 5.92 Å². The lowest BCUT2D eigenvalue weighted by Gasteiger charge is -2.26. The van der Waals surface area contributed by atoms with Gasteiger partial charge in [0.15, 0.2) is 5.78 Å². The highest BCUT2D eigenvalue weighted by Crippen LogP contribution is 2.43. The summed E-state index contributed by atoms with van der Waals surface area (Å²) in [6.07, 6.45) is 6.08. The van der Waals surface area contributed by atoms with Gasteiger partial charge in [0.05, 0.1) is 12.8 Å². The van der Waals surface area contributed by atoms with Crippen molar-refractivity contribution in [3.05, 3.63) is 114 Å². The Morgan fingerprint density at radius 1 is 0.935 bits per heavy atom. The number of para-hydroxylation sites is 1. The predicted octanol–water partition coefficient (Wildman–Crippen LogP) is 5.34. The van der Waals surface area contributed by atoms with E-state index in [2.05, 4.69) is 12.2 Å². The lowest BCUT2D eigenvalue weighted by Crippen LogP contribution is -2.40. The Hall–Kier alpha value is -3.63. The molecule has 1 fully saturated rings. The number of hydrogen-bond acceptors (Lipinski definition) is 4. The second kappa shape index (κ2) is 8.25. The predicted molar refractivity (Wildman–Crippen MR) is 122 cm³/mol. The lowest BCUT2D eigenvalue weighted by molar-refractivity contribution is 0.0885. The van der Waals surface area contributed by atoms with E-state index in [1.165, 1.54) is 0 Å². The molecule has 0 aromatic heterocycles. The molecule has 4 heteroatoms. The van der Waals surface area contributed by atoms with Crippen molar-refractivity contribution in [3.8, 4) is 5.75 Å². The highest BCUT2D eigenvalue weighted by atomic mass is 16.7. The molecule has 0 spiro atoms. The average molecular weight is 409 g/mol. The van der Waals surface area contributed by atoms with Crippen LogP contribution in [-0.4, -0.2) is 25.0 Å². The van der Waals surface area contributed by atoms with Gasteiger partial charge in [-0.1, -0.05) is 78.9 Å². The number of allylic oxidation sites excluding steroid dienone is 1. The van der Waals surface area contributed by atoms with Crippen LogP contribution in [0.4, 0.5) is 5.69 Å². The molecule has 4 nitrogen and oxygen atoms in total. The summed E-state index contributed by atoms with van der Waals surface area (Å²) in [5.74, 6) is 0.787. The average Bonchev–Trinajstić information content (AvgIpc) is 3.40. The number of Topliss-reactive ketones (excluding diaryl/α,β-unsaturated/α-hetero) is 1. The number of benzene rings is 3. The Labute approximate surface area is 182 Å². The molecule has 1 heterocycles. The third kappa shape index (κ3) is 3.66. The fourth-order valence-electron chi connectivity index (χ4n) is 4.31. The van der Waals surface area contributed by atoms with Gasteiger partial charge in [-0.3, -0.25) is 9.63 Å². The van der Waals surface area contributed by atoms with Crippen molar-refractivity contribution in [2.75, 3.05) is 12.2 Å². The number of ether oxygens (including phenoxy) is 1. The molecule has 0 unspecified atom stereocenters. The van der Waals surface area contributed by atoms with Gasteiger partial charge in [-0.2, -0.15) is 0 Å². The zero-order chi connectivity index (χ0) is 21.2. The molecule has 154 valence electrons. The van der Waals surface area contributed by atoms with Crippen LogP contribution >= 0.6 is 0 Å². The molecule has 5 rings (SSSR count). The number of hydrogen-bond donors (Lipinski definition) is 0. The van der Waals surface area contributed by atoms with Gasteiger partial charge in [-0.25, -0.2) is 5.06 Å². The zero-order valence-electron chi connectivity index (χ0n) is 17.2. The van der Waals surface area contributed by atoms with E-state index < -0.39 is 6.04 Å². The number of nitrogens with zero attached hydrogens (tertiary/aromatic N) is 1. The van der Waals surface area contributed by atoms with E-state index in [-0.39, 0.29) is 17.8 Å². The van der Waals surface area contributed by atoms with Crippen molar-refractivity contribution in [1.82, 2.24) is 0 Å². The summed E-state index contributed by atoms with van der Waals surface area (Å²) in [6, 6.07) is 26.8. The molecule has 31 heavy (non-hydrogen) atoms. The second-order valence-electron chi connectivity index (χ2n) is 7.71. The summed E-state index contributed by atoms with van der Waals surface area (Å²) >= 11 is 0. The molecule has 0 N–H and O–H groups in total. The number of ketones is 1. The molecular formula is C27H23NO3. The molecule has 0 radical (unpaired) electrons. The van der Waals surface area contributed by atoms with E-state index in [1.54, 1.807) is 12.2 Å². The first-order valence-corrected chi connectivity index (χ1v) is 10.4. The molecule has 1 aliphatic heterocycles. The number of hydroxylamine groups is 1. The highest BCUT2D eigenvalue weighted by molar-refractivity contribution is 6.03. The largest absolute Gasteiger partial charge is 0.497 e. The van der Waals surface area contributed by atoms with E-state index in [9.17, 15) is 4.79 Å². The van der Waals surface area contributed by atoms with Crippen molar-refractivity contribution in [1.29, 1.82) is 0 Å². The minimum Gasteiger partial charge on any atom is -0.497 e. The number of methoxy groups -OCH3 is 1. The third-order valence-electron chi connectivity index (χ3n) is 5.83. The molecule has 3 aromatic carbocycles. The maximum Gasteiger partial charge on any atom is 0.188 e. The molecule has 3 atom stereocenters. The van der Waals surface area contributed by atoms with Crippen LogP contribution in [0.1, 0.15) is 15.9 Å². The minimum atomic E-state index is -0.450. The Bertz CT molecular complexity index is 1120. The van der Waals surface area contributed by atoms with Gasteiger partial charge in [0, 0.05) is 11.5 Å². The van der Waals surface area contributed by atoms with E-state index in [0.717, 1.165) is 22.6 Å². The van der Waals surface area contributed by atoms with Gasteiger partial charge in [-0.15, -0.1) is 0 Å². The van der Waals surface area contributed by atoms with Crippen LogP contribution in [0.15, 0.2) is 103 Å². The maximum absolute atomic E-state index is 13.7. The Morgan fingerprint density at radius 2 is 1.61 bits per heavy atom. The van der Waals surface area contributed by atoms with Crippen LogP contribution in [0.25, 0.3) is 6.08 Å². The Kier molecular flexibility index (Phi) is 5.14. The van der Waals surface area contributed by atoms with Gasteiger partial charge in [0.2, 0.25) is 0 Å². The summed E-state index contributed by atoms with van der Waals surface area (Å²) in [6.45, 7) is 0. The highest BCUT2D eigenvalue weighted by Gasteiger charge is 2.50. The number of rotatable bonds is 5. The van der Waals surface area contributed by atoms with Crippen molar-refractivity contribution in [3.63, 3.8) is 0 Å². The van der Waals surface area contributed by atoms with Crippen molar-refractivity contribution in [2.45, 2.75) is 12.1 Å². The number of carbonyl (C=O) groups is 1. The Morgan fingerprint density at radius 3 is 2.29 bits per heavy atom. The minimum absolute atomic E-state index is 0.0567. The maximum atomic E-state index is 13.7. The van der Waals surface area contributed by atoms with Gasteiger partial charge < -0.3 is 4.74 Å². The fraction of sp³-hybridized carbons (Fsp3) is 0.148. The molecule has 0 saturated carbocycles. The standard InChI is InChI=1S/C27H23NO3/c1-30-23-15-12-19(13-16-23)18-21-14-17-24-25(21)26(27(29)20-8-4-2-5-9-20)28(31-24)22-10-6-3-7-11-22/h2-18,24-26H,1H3/b21-18-/t24-,25+,26+/m0/s1. The SMILES string of the molecule is COc1ccc(/C=C2/C=C[C@@H]3ON(c4ccccc4)[C@@H](C(=O)c4ccccc4)[C@H]23)cc1.